The number of amides is 1. The zero-order valence-corrected chi connectivity index (χ0v) is 15.3. The molecule has 0 unspecified atom stereocenters. The summed E-state index contributed by atoms with van der Waals surface area (Å²) in [7, 11) is 0. The van der Waals surface area contributed by atoms with Crippen LogP contribution in [0.25, 0.3) is 0 Å². The molecule has 1 atom stereocenters. The van der Waals surface area contributed by atoms with E-state index in [2.05, 4.69) is 25.3 Å². The summed E-state index contributed by atoms with van der Waals surface area (Å²) < 4.78 is 2.03. The highest BCUT2D eigenvalue weighted by atomic mass is 32.1. The number of anilines is 1. The second-order valence-electron chi connectivity index (χ2n) is 6.46. The van der Waals surface area contributed by atoms with Gasteiger partial charge in [0.25, 0.3) is 0 Å². The SMILES string of the molecule is CC(=O)Nc1nc(CN2CCC[C@@H](Cn3nc(C)nc3C)C2)cs1. The highest BCUT2D eigenvalue weighted by Gasteiger charge is 2.22. The number of rotatable bonds is 5. The average molecular weight is 348 g/mol. The predicted octanol–water partition coefficient (Wildman–Crippen LogP) is 2.22. The number of thiazole rings is 1. The molecule has 1 saturated heterocycles. The van der Waals surface area contributed by atoms with E-state index in [1.807, 2.05) is 23.9 Å². The third-order valence-electron chi connectivity index (χ3n) is 4.22. The number of aromatic nitrogens is 4. The Morgan fingerprint density at radius 3 is 2.96 bits per heavy atom. The molecule has 1 N–H and O–H groups in total. The van der Waals surface area contributed by atoms with Crippen molar-refractivity contribution in [3.05, 3.63) is 22.7 Å². The van der Waals surface area contributed by atoms with E-state index in [4.69, 9.17) is 0 Å². The van der Waals surface area contributed by atoms with Crippen LogP contribution in [0.1, 0.15) is 37.1 Å². The van der Waals surface area contributed by atoms with Crippen molar-refractivity contribution >= 4 is 22.4 Å². The van der Waals surface area contributed by atoms with Gasteiger partial charge in [-0.1, -0.05) is 0 Å². The topological polar surface area (TPSA) is 75.9 Å². The van der Waals surface area contributed by atoms with E-state index in [-0.39, 0.29) is 5.91 Å². The first kappa shape index (κ1) is 17.0. The number of aryl methyl sites for hydroxylation is 2. The number of carbonyl (C=O) groups is 1. The van der Waals surface area contributed by atoms with Crippen LogP contribution in [0.5, 0.6) is 0 Å². The first-order valence-corrected chi connectivity index (χ1v) is 9.20. The van der Waals surface area contributed by atoms with Crippen molar-refractivity contribution in [1.29, 1.82) is 0 Å². The molecule has 1 fully saturated rings. The summed E-state index contributed by atoms with van der Waals surface area (Å²) in [4.78, 5) is 22.4. The Labute approximate surface area is 146 Å². The zero-order valence-electron chi connectivity index (χ0n) is 14.4. The van der Waals surface area contributed by atoms with Crippen LogP contribution < -0.4 is 5.32 Å². The molecule has 0 radical (unpaired) electrons. The summed E-state index contributed by atoms with van der Waals surface area (Å²) in [5.74, 6) is 2.34. The smallest absolute Gasteiger partial charge is 0.223 e. The molecule has 0 aromatic carbocycles. The van der Waals surface area contributed by atoms with Crippen molar-refractivity contribution in [1.82, 2.24) is 24.6 Å². The van der Waals surface area contributed by atoms with Crippen LogP contribution in [-0.2, 0) is 17.9 Å². The van der Waals surface area contributed by atoms with Gasteiger partial charge >= 0.3 is 0 Å². The molecule has 7 nitrogen and oxygen atoms in total. The highest BCUT2D eigenvalue weighted by molar-refractivity contribution is 7.13. The fourth-order valence-corrected chi connectivity index (χ4v) is 3.99. The van der Waals surface area contributed by atoms with Gasteiger partial charge in [-0.3, -0.25) is 9.69 Å². The van der Waals surface area contributed by atoms with Gasteiger partial charge in [-0.15, -0.1) is 11.3 Å². The molecule has 0 bridgehead atoms. The van der Waals surface area contributed by atoms with Crippen LogP contribution in [-0.4, -0.2) is 43.6 Å². The molecule has 0 aliphatic carbocycles. The van der Waals surface area contributed by atoms with Crippen LogP contribution in [0.2, 0.25) is 0 Å². The van der Waals surface area contributed by atoms with E-state index in [1.54, 1.807) is 0 Å². The van der Waals surface area contributed by atoms with Crippen LogP contribution in [0.4, 0.5) is 5.13 Å². The maximum absolute atomic E-state index is 11.1. The molecule has 1 aliphatic heterocycles. The summed E-state index contributed by atoms with van der Waals surface area (Å²) in [6, 6.07) is 0. The second-order valence-corrected chi connectivity index (χ2v) is 7.31. The number of nitrogens with one attached hydrogen (secondary N) is 1. The van der Waals surface area contributed by atoms with E-state index < -0.39 is 0 Å². The molecule has 130 valence electrons. The van der Waals surface area contributed by atoms with Crippen LogP contribution in [0.15, 0.2) is 5.38 Å². The standard InChI is InChI=1S/C16H24N6OS/c1-11-17-12(2)22(20-11)8-14-5-4-6-21(7-14)9-15-10-24-16(19-15)18-13(3)23/h10,14H,4-9H2,1-3H3,(H,18,19,23)/t14-/m1/s1. The Kier molecular flexibility index (Phi) is 5.25. The molecule has 2 aromatic heterocycles. The molecule has 0 saturated carbocycles. The molecule has 1 aliphatic rings. The number of likely N-dealkylation sites (tertiary alicyclic amines) is 1. The molecular weight excluding hydrogens is 324 g/mol. The molecule has 24 heavy (non-hydrogen) atoms. The fourth-order valence-electron chi connectivity index (χ4n) is 3.24. The van der Waals surface area contributed by atoms with Crippen molar-refractivity contribution in [3.63, 3.8) is 0 Å². The molecule has 8 heteroatoms. The largest absolute Gasteiger partial charge is 0.302 e. The number of hydrogen-bond acceptors (Lipinski definition) is 6. The van der Waals surface area contributed by atoms with E-state index in [0.717, 1.165) is 43.5 Å². The summed E-state index contributed by atoms with van der Waals surface area (Å²) in [5.41, 5.74) is 1.03. The quantitative estimate of drug-likeness (QED) is 0.897. The van der Waals surface area contributed by atoms with Gasteiger partial charge in [-0.25, -0.2) is 14.6 Å². The van der Waals surface area contributed by atoms with E-state index in [9.17, 15) is 4.79 Å². The number of carbonyl (C=O) groups excluding carboxylic acids is 1. The average Bonchev–Trinajstić information content (AvgIpc) is 3.05. The fraction of sp³-hybridized carbons (Fsp3) is 0.625. The minimum absolute atomic E-state index is 0.0765. The maximum Gasteiger partial charge on any atom is 0.223 e. The van der Waals surface area contributed by atoms with Crippen LogP contribution in [0.3, 0.4) is 0 Å². The second kappa shape index (κ2) is 7.40. The summed E-state index contributed by atoms with van der Waals surface area (Å²) in [6.07, 6.45) is 2.42. The Morgan fingerprint density at radius 1 is 1.42 bits per heavy atom. The van der Waals surface area contributed by atoms with Crippen molar-refractivity contribution in [3.8, 4) is 0 Å². The lowest BCUT2D eigenvalue weighted by Crippen LogP contribution is -2.37. The minimum Gasteiger partial charge on any atom is -0.302 e. The van der Waals surface area contributed by atoms with Gasteiger partial charge in [0.15, 0.2) is 5.13 Å². The van der Waals surface area contributed by atoms with E-state index in [1.165, 1.54) is 31.1 Å². The molecule has 1 amide bonds. The highest BCUT2D eigenvalue weighted by Crippen LogP contribution is 2.22. The van der Waals surface area contributed by atoms with Gasteiger partial charge in [-0.05, 0) is 39.2 Å². The number of hydrogen-bond donors (Lipinski definition) is 1. The summed E-state index contributed by atoms with van der Waals surface area (Å²) in [6.45, 7) is 9.36. The Balaban J connectivity index is 1.56. The molecule has 3 rings (SSSR count). The van der Waals surface area contributed by atoms with Crippen molar-refractivity contribution in [2.45, 2.75) is 46.7 Å². The first-order chi connectivity index (χ1) is 11.5. The van der Waals surface area contributed by atoms with Gasteiger partial charge in [-0.2, -0.15) is 5.10 Å². The predicted molar refractivity (Wildman–Crippen MR) is 93.9 cm³/mol. The summed E-state index contributed by atoms with van der Waals surface area (Å²) in [5, 5.41) is 9.93. The molecule has 2 aromatic rings. The molecular formula is C16H24N6OS. The Morgan fingerprint density at radius 2 is 2.25 bits per heavy atom. The first-order valence-electron chi connectivity index (χ1n) is 8.32. The van der Waals surface area contributed by atoms with Gasteiger partial charge in [0.05, 0.1) is 5.69 Å². The third kappa shape index (κ3) is 4.39. The molecule has 0 spiro atoms. The third-order valence-corrected chi connectivity index (χ3v) is 5.02. The number of nitrogens with zero attached hydrogens (tertiary/aromatic N) is 5. The Bertz CT molecular complexity index is 709. The Hall–Kier alpha value is -1.80. The maximum atomic E-state index is 11.1. The van der Waals surface area contributed by atoms with E-state index in [0.29, 0.717) is 11.0 Å². The summed E-state index contributed by atoms with van der Waals surface area (Å²) >= 11 is 1.48. The number of piperidine rings is 1. The van der Waals surface area contributed by atoms with Crippen LogP contribution >= 0.6 is 11.3 Å². The lowest BCUT2D eigenvalue weighted by molar-refractivity contribution is -0.114. The van der Waals surface area contributed by atoms with Gasteiger partial charge in [0.2, 0.25) is 5.91 Å². The zero-order chi connectivity index (χ0) is 17.1. The van der Waals surface area contributed by atoms with Crippen molar-refractivity contribution < 1.29 is 4.79 Å². The van der Waals surface area contributed by atoms with E-state index >= 15 is 0 Å². The lowest BCUT2D eigenvalue weighted by atomic mass is 9.98. The van der Waals surface area contributed by atoms with Gasteiger partial charge in [0, 0.05) is 31.9 Å². The van der Waals surface area contributed by atoms with Gasteiger partial charge in [0.1, 0.15) is 11.6 Å². The molecule has 3 heterocycles. The monoisotopic (exact) mass is 348 g/mol. The van der Waals surface area contributed by atoms with Crippen molar-refractivity contribution in [2.75, 3.05) is 18.4 Å². The lowest BCUT2D eigenvalue weighted by Gasteiger charge is -2.32. The van der Waals surface area contributed by atoms with Gasteiger partial charge < -0.3 is 5.32 Å². The minimum atomic E-state index is -0.0765. The van der Waals surface area contributed by atoms with Crippen molar-refractivity contribution in [2.24, 2.45) is 5.92 Å². The normalized spacial score (nSPS) is 18.7. The van der Waals surface area contributed by atoms with Crippen LogP contribution in [0, 0.1) is 19.8 Å².